The number of para-hydroxylation sites is 1. The van der Waals surface area contributed by atoms with Crippen molar-refractivity contribution in [3.05, 3.63) is 63.9 Å². The fourth-order valence-corrected chi connectivity index (χ4v) is 4.15. The summed E-state index contributed by atoms with van der Waals surface area (Å²) >= 11 is 1.22. The zero-order valence-corrected chi connectivity index (χ0v) is 18.4. The van der Waals surface area contributed by atoms with E-state index in [1.807, 2.05) is 50.2 Å². The van der Waals surface area contributed by atoms with Crippen molar-refractivity contribution < 1.29 is 13.9 Å². The van der Waals surface area contributed by atoms with Crippen LogP contribution in [0.15, 0.2) is 56.8 Å². The van der Waals surface area contributed by atoms with E-state index in [0.29, 0.717) is 29.4 Å². The molecule has 0 bridgehead atoms. The lowest BCUT2D eigenvalue weighted by molar-refractivity contribution is -0.113. The monoisotopic (exact) mass is 437 g/mol. The van der Waals surface area contributed by atoms with Crippen LogP contribution in [-0.2, 0) is 16.1 Å². The molecule has 4 rings (SSSR count). The van der Waals surface area contributed by atoms with E-state index in [2.05, 4.69) is 10.3 Å². The average molecular weight is 438 g/mol. The minimum absolute atomic E-state index is 0.119. The fourth-order valence-electron chi connectivity index (χ4n) is 3.33. The number of nitrogens with zero attached hydrogens (tertiary/aromatic N) is 2. The summed E-state index contributed by atoms with van der Waals surface area (Å²) in [4.78, 5) is 30.4. The van der Waals surface area contributed by atoms with Gasteiger partial charge in [-0.2, -0.15) is 0 Å². The normalized spacial score (nSPS) is 11.3. The Labute approximate surface area is 183 Å². The van der Waals surface area contributed by atoms with Crippen molar-refractivity contribution in [2.24, 2.45) is 0 Å². The largest absolute Gasteiger partial charge is 0.448 e. The Morgan fingerprint density at radius 3 is 2.84 bits per heavy atom. The molecule has 160 valence electrons. The molecule has 31 heavy (non-hydrogen) atoms. The standard InChI is InChI=1S/C23H23N3O4S/c1-14-8-9-15(2)17(12-14)24-19(27)13-31-23-25-20-16-6-4-5-7-18(16)30-21(20)22(28)26(23)10-11-29-3/h4-9,12H,10-11,13H2,1-3H3,(H,24,27). The number of methoxy groups -OCH3 is 1. The van der Waals surface area contributed by atoms with Crippen LogP contribution in [-0.4, -0.2) is 34.9 Å². The van der Waals surface area contributed by atoms with Crippen molar-refractivity contribution in [3.8, 4) is 0 Å². The van der Waals surface area contributed by atoms with Crippen LogP contribution in [0.2, 0.25) is 0 Å². The van der Waals surface area contributed by atoms with E-state index < -0.39 is 0 Å². The van der Waals surface area contributed by atoms with Gasteiger partial charge in [0.15, 0.2) is 5.16 Å². The van der Waals surface area contributed by atoms with Gasteiger partial charge in [0.1, 0.15) is 11.1 Å². The number of hydrogen-bond donors (Lipinski definition) is 1. The summed E-state index contributed by atoms with van der Waals surface area (Å²) in [5.74, 6) is -0.0444. The maximum absolute atomic E-state index is 13.1. The van der Waals surface area contributed by atoms with E-state index in [0.717, 1.165) is 22.2 Å². The van der Waals surface area contributed by atoms with E-state index in [1.165, 1.54) is 16.3 Å². The summed E-state index contributed by atoms with van der Waals surface area (Å²) in [5.41, 5.74) is 3.89. The van der Waals surface area contributed by atoms with Crippen LogP contribution in [0.25, 0.3) is 22.1 Å². The molecule has 7 nitrogen and oxygen atoms in total. The Bertz CT molecular complexity index is 1330. The van der Waals surface area contributed by atoms with Gasteiger partial charge in [0.05, 0.1) is 18.9 Å². The number of aromatic nitrogens is 2. The number of ether oxygens (including phenoxy) is 1. The van der Waals surface area contributed by atoms with Gasteiger partial charge in [-0.25, -0.2) is 4.98 Å². The summed E-state index contributed by atoms with van der Waals surface area (Å²) in [6, 6.07) is 13.3. The van der Waals surface area contributed by atoms with Gasteiger partial charge in [0, 0.05) is 18.2 Å². The van der Waals surface area contributed by atoms with Gasteiger partial charge < -0.3 is 14.5 Å². The lowest BCUT2D eigenvalue weighted by Gasteiger charge is -2.12. The zero-order valence-electron chi connectivity index (χ0n) is 17.6. The first-order valence-electron chi connectivity index (χ1n) is 9.89. The maximum Gasteiger partial charge on any atom is 0.297 e. The highest BCUT2D eigenvalue weighted by Crippen LogP contribution is 2.27. The van der Waals surface area contributed by atoms with Gasteiger partial charge in [-0.15, -0.1) is 0 Å². The van der Waals surface area contributed by atoms with Crippen molar-refractivity contribution in [2.45, 2.75) is 25.5 Å². The SMILES string of the molecule is COCCn1c(SCC(=O)Nc2cc(C)ccc2C)nc2c(oc3ccccc32)c1=O. The van der Waals surface area contributed by atoms with Gasteiger partial charge in [-0.05, 0) is 43.2 Å². The van der Waals surface area contributed by atoms with E-state index in [-0.39, 0.29) is 22.8 Å². The summed E-state index contributed by atoms with van der Waals surface area (Å²) in [6.45, 7) is 4.59. The summed E-state index contributed by atoms with van der Waals surface area (Å²) < 4.78 is 12.4. The molecular weight excluding hydrogens is 414 g/mol. The van der Waals surface area contributed by atoms with Crippen LogP contribution in [0.3, 0.4) is 0 Å². The van der Waals surface area contributed by atoms with Crippen molar-refractivity contribution in [2.75, 3.05) is 24.8 Å². The summed E-state index contributed by atoms with van der Waals surface area (Å²) in [6.07, 6.45) is 0. The molecule has 0 fully saturated rings. The Kier molecular flexibility index (Phi) is 6.11. The number of furan rings is 1. The van der Waals surface area contributed by atoms with Gasteiger partial charge in [-0.1, -0.05) is 36.0 Å². The molecule has 2 aromatic carbocycles. The van der Waals surface area contributed by atoms with Crippen LogP contribution in [0.4, 0.5) is 5.69 Å². The molecule has 0 aliphatic heterocycles. The van der Waals surface area contributed by atoms with Crippen molar-refractivity contribution >= 4 is 45.4 Å². The molecule has 0 saturated carbocycles. The van der Waals surface area contributed by atoms with Crippen LogP contribution in [0.1, 0.15) is 11.1 Å². The molecule has 0 unspecified atom stereocenters. The molecule has 0 aliphatic carbocycles. The molecule has 0 aliphatic rings. The molecule has 2 heterocycles. The minimum atomic E-state index is -0.282. The van der Waals surface area contributed by atoms with E-state index in [4.69, 9.17) is 9.15 Å². The third kappa shape index (κ3) is 4.35. The molecule has 0 atom stereocenters. The van der Waals surface area contributed by atoms with Crippen molar-refractivity contribution in [1.29, 1.82) is 0 Å². The fraction of sp³-hybridized carbons (Fsp3) is 0.261. The topological polar surface area (TPSA) is 86.4 Å². The number of carbonyl (C=O) groups is 1. The Hall–Kier alpha value is -3.10. The smallest absolute Gasteiger partial charge is 0.297 e. The molecule has 4 aromatic rings. The molecule has 8 heteroatoms. The number of hydrogen-bond acceptors (Lipinski definition) is 6. The molecule has 1 amide bonds. The minimum Gasteiger partial charge on any atom is -0.448 e. The predicted molar refractivity (Wildman–Crippen MR) is 123 cm³/mol. The van der Waals surface area contributed by atoms with Crippen molar-refractivity contribution in [1.82, 2.24) is 9.55 Å². The quantitative estimate of drug-likeness (QED) is 0.345. The van der Waals surface area contributed by atoms with Gasteiger partial charge in [-0.3, -0.25) is 14.2 Å². The van der Waals surface area contributed by atoms with Crippen LogP contribution < -0.4 is 10.9 Å². The van der Waals surface area contributed by atoms with Crippen LogP contribution in [0, 0.1) is 13.8 Å². The number of anilines is 1. The van der Waals surface area contributed by atoms with E-state index >= 15 is 0 Å². The highest BCUT2D eigenvalue weighted by molar-refractivity contribution is 7.99. The maximum atomic E-state index is 13.1. The number of aryl methyl sites for hydroxylation is 2. The number of rotatable bonds is 7. The van der Waals surface area contributed by atoms with Gasteiger partial charge in [0.25, 0.3) is 5.56 Å². The number of carbonyl (C=O) groups excluding carboxylic acids is 1. The average Bonchev–Trinajstić information content (AvgIpc) is 3.13. The molecule has 0 saturated heterocycles. The number of benzene rings is 2. The van der Waals surface area contributed by atoms with Gasteiger partial charge in [0.2, 0.25) is 11.5 Å². The highest BCUT2D eigenvalue weighted by Gasteiger charge is 2.18. The third-order valence-electron chi connectivity index (χ3n) is 4.97. The van der Waals surface area contributed by atoms with E-state index in [1.54, 1.807) is 13.2 Å². The third-order valence-corrected chi connectivity index (χ3v) is 5.94. The number of nitrogens with one attached hydrogen (secondary N) is 1. The van der Waals surface area contributed by atoms with E-state index in [9.17, 15) is 9.59 Å². The molecule has 1 N–H and O–H groups in total. The Morgan fingerprint density at radius 2 is 2.03 bits per heavy atom. The molecular formula is C23H23N3O4S. The Balaban J connectivity index is 1.65. The molecule has 0 spiro atoms. The predicted octanol–water partition coefficient (Wildman–Crippen LogP) is 4.14. The second-order valence-corrected chi connectivity index (χ2v) is 8.22. The number of thioether (sulfide) groups is 1. The Morgan fingerprint density at radius 1 is 1.23 bits per heavy atom. The summed E-state index contributed by atoms with van der Waals surface area (Å²) in [7, 11) is 1.57. The van der Waals surface area contributed by atoms with Crippen LogP contribution in [0.5, 0.6) is 0 Å². The molecule has 0 radical (unpaired) electrons. The summed E-state index contributed by atoms with van der Waals surface area (Å²) in [5, 5.41) is 4.17. The van der Waals surface area contributed by atoms with Crippen LogP contribution >= 0.6 is 11.8 Å². The second kappa shape index (κ2) is 8.95. The first-order chi connectivity index (χ1) is 15.0. The molecule has 2 aromatic heterocycles. The second-order valence-electron chi connectivity index (χ2n) is 7.28. The lowest BCUT2D eigenvalue weighted by Crippen LogP contribution is -2.25. The lowest BCUT2D eigenvalue weighted by atomic mass is 10.1. The number of amides is 1. The van der Waals surface area contributed by atoms with Gasteiger partial charge >= 0.3 is 0 Å². The zero-order chi connectivity index (χ0) is 22.0. The highest BCUT2D eigenvalue weighted by atomic mass is 32.2. The first-order valence-corrected chi connectivity index (χ1v) is 10.9. The number of fused-ring (bicyclic) bond motifs is 3. The van der Waals surface area contributed by atoms with Crippen molar-refractivity contribution in [3.63, 3.8) is 0 Å². The first kappa shape index (κ1) is 21.1.